The summed E-state index contributed by atoms with van der Waals surface area (Å²) in [6.45, 7) is 2.04. The van der Waals surface area contributed by atoms with Crippen LogP contribution in [0.25, 0.3) is 11.1 Å². The van der Waals surface area contributed by atoms with Crippen LogP contribution in [0.5, 0.6) is 0 Å². The summed E-state index contributed by atoms with van der Waals surface area (Å²) in [5, 5.41) is 0. The van der Waals surface area contributed by atoms with E-state index in [1.807, 2.05) is 19.0 Å². The molecule has 0 atom stereocenters. The lowest BCUT2D eigenvalue weighted by molar-refractivity contribution is 0.403. The molecule has 0 aliphatic carbocycles. The van der Waals surface area contributed by atoms with E-state index in [9.17, 15) is 17.6 Å². The van der Waals surface area contributed by atoms with E-state index in [0.29, 0.717) is 28.8 Å². The first-order chi connectivity index (χ1) is 12.6. The summed E-state index contributed by atoms with van der Waals surface area (Å²) in [4.78, 5) is 13.8. The fourth-order valence-corrected chi connectivity index (χ4v) is 4.48. The molecule has 0 fully saturated rings. The van der Waals surface area contributed by atoms with Crippen LogP contribution in [0, 0.1) is 12.7 Å². The molecule has 6 nitrogen and oxygen atoms in total. The van der Waals surface area contributed by atoms with Crippen LogP contribution in [0.15, 0.2) is 44.4 Å². The smallest absolute Gasteiger partial charge is 0.408 e. The molecule has 144 valence electrons. The van der Waals surface area contributed by atoms with E-state index in [-0.39, 0.29) is 22.0 Å². The van der Waals surface area contributed by atoms with Crippen molar-refractivity contribution in [2.24, 2.45) is 7.05 Å². The van der Waals surface area contributed by atoms with Crippen molar-refractivity contribution < 1.29 is 17.2 Å². The Kier molecular flexibility index (Phi) is 4.96. The third-order valence-electron chi connectivity index (χ3n) is 4.36. The molecule has 0 radical (unpaired) electrons. The van der Waals surface area contributed by atoms with Gasteiger partial charge >= 0.3 is 5.76 Å². The van der Waals surface area contributed by atoms with Gasteiger partial charge in [-0.05, 0) is 49.8 Å². The molecule has 1 heterocycles. The zero-order valence-electron chi connectivity index (χ0n) is 15.6. The molecule has 3 rings (SSSR count). The number of fused-ring (bicyclic) bond motifs is 1. The molecule has 0 spiro atoms. The first kappa shape index (κ1) is 19.3. The second-order valence-corrected chi connectivity index (χ2v) is 8.93. The van der Waals surface area contributed by atoms with Gasteiger partial charge in [-0.25, -0.2) is 17.6 Å². The van der Waals surface area contributed by atoms with E-state index in [0.717, 1.165) is 0 Å². The summed E-state index contributed by atoms with van der Waals surface area (Å²) >= 11 is 0. The second kappa shape index (κ2) is 6.94. The van der Waals surface area contributed by atoms with Crippen LogP contribution in [0.1, 0.15) is 16.7 Å². The molecule has 0 unspecified atom stereocenters. The maximum atomic E-state index is 13.4. The van der Waals surface area contributed by atoms with Crippen LogP contribution in [-0.4, -0.2) is 32.0 Å². The highest BCUT2D eigenvalue weighted by molar-refractivity contribution is 7.90. The van der Waals surface area contributed by atoms with Crippen LogP contribution < -0.4 is 5.76 Å². The van der Waals surface area contributed by atoms with Crippen LogP contribution in [-0.2, 0) is 29.2 Å². The Labute approximate surface area is 156 Å². The largest absolute Gasteiger partial charge is 0.419 e. The summed E-state index contributed by atoms with van der Waals surface area (Å²) in [7, 11) is 1.58. The highest BCUT2D eigenvalue weighted by Crippen LogP contribution is 2.26. The number of aromatic nitrogens is 1. The van der Waals surface area contributed by atoms with Gasteiger partial charge in [-0.2, -0.15) is 0 Å². The number of hydrogen-bond donors (Lipinski definition) is 0. The van der Waals surface area contributed by atoms with Gasteiger partial charge in [-0.1, -0.05) is 12.1 Å². The van der Waals surface area contributed by atoms with Gasteiger partial charge < -0.3 is 9.32 Å². The Morgan fingerprint density at radius 2 is 1.89 bits per heavy atom. The van der Waals surface area contributed by atoms with Crippen LogP contribution in [0.4, 0.5) is 4.39 Å². The first-order valence-corrected chi connectivity index (χ1v) is 9.98. The van der Waals surface area contributed by atoms with Crippen molar-refractivity contribution in [2.45, 2.75) is 24.1 Å². The third-order valence-corrected chi connectivity index (χ3v) is 6.03. The molecule has 0 saturated heterocycles. The molecule has 1 aromatic heterocycles. The Morgan fingerprint density at radius 1 is 1.19 bits per heavy atom. The van der Waals surface area contributed by atoms with Gasteiger partial charge in [0.05, 0.1) is 16.2 Å². The maximum absolute atomic E-state index is 13.4. The summed E-state index contributed by atoms with van der Waals surface area (Å²) in [5.41, 5.74) is 2.37. The van der Waals surface area contributed by atoms with Crippen molar-refractivity contribution in [3.63, 3.8) is 0 Å². The predicted octanol–water partition coefficient (Wildman–Crippen LogP) is 2.61. The first-order valence-electron chi connectivity index (χ1n) is 8.33. The molecule has 0 amide bonds. The van der Waals surface area contributed by atoms with Gasteiger partial charge in [-0.15, -0.1) is 0 Å². The van der Waals surface area contributed by atoms with Crippen LogP contribution in [0.2, 0.25) is 0 Å². The molecule has 27 heavy (non-hydrogen) atoms. The van der Waals surface area contributed by atoms with Gasteiger partial charge in [0.15, 0.2) is 15.4 Å². The van der Waals surface area contributed by atoms with Crippen LogP contribution in [0.3, 0.4) is 0 Å². The summed E-state index contributed by atoms with van der Waals surface area (Å²) in [6.07, 6.45) is 0. The monoisotopic (exact) mass is 392 g/mol. The number of halogens is 1. The maximum Gasteiger partial charge on any atom is 0.419 e. The minimum atomic E-state index is -3.71. The van der Waals surface area contributed by atoms with E-state index < -0.39 is 15.6 Å². The van der Waals surface area contributed by atoms with E-state index in [1.54, 1.807) is 20.0 Å². The molecule has 8 heteroatoms. The van der Waals surface area contributed by atoms with E-state index in [4.69, 9.17) is 4.42 Å². The lowest BCUT2D eigenvalue weighted by atomic mass is 10.1. The fourth-order valence-electron chi connectivity index (χ4n) is 3.09. The SMILES string of the molecule is Cc1cc(CS(=O)(=O)c2cc(CN(C)C)c3c(c2)oc(=O)n3C)ccc1F. The Hall–Kier alpha value is -2.45. The van der Waals surface area contributed by atoms with Gasteiger partial charge in [0.2, 0.25) is 0 Å². The highest BCUT2D eigenvalue weighted by Gasteiger charge is 2.21. The van der Waals surface area contributed by atoms with Gasteiger partial charge in [-0.3, -0.25) is 4.57 Å². The van der Waals surface area contributed by atoms with E-state index in [2.05, 4.69) is 0 Å². The number of benzene rings is 2. The number of nitrogens with zero attached hydrogens (tertiary/aromatic N) is 2. The van der Waals surface area contributed by atoms with E-state index in [1.165, 1.54) is 28.8 Å². The zero-order valence-corrected chi connectivity index (χ0v) is 16.4. The number of rotatable bonds is 5. The average molecular weight is 392 g/mol. The van der Waals surface area contributed by atoms with Crippen molar-refractivity contribution >= 4 is 20.9 Å². The van der Waals surface area contributed by atoms with Crippen molar-refractivity contribution in [3.05, 3.63) is 63.4 Å². The number of aryl methyl sites for hydroxylation is 2. The van der Waals surface area contributed by atoms with Crippen molar-refractivity contribution in [3.8, 4) is 0 Å². The molecular formula is C19H21FN2O4S. The standard InChI is InChI=1S/C19H21FN2O4S/c1-12-7-13(5-6-16(12)20)11-27(24,25)15-8-14(10-21(2)3)18-17(9-15)26-19(23)22(18)4/h5-9H,10-11H2,1-4H3. The van der Waals surface area contributed by atoms with Crippen molar-refractivity contribution in [1.29, 1.82) is 0 Å². The van der Waals surface area contributed by atoms with Crippen LogP contribution >= 0.6 is 0 Å². The lowest BCUT2D eigenvalue weighted by Crippen LogP contribution is -2.15. The summed E-state index contributed by atoms with van der Waals surface area (Å²) in [5.74, 6) is -1.19. The lowest BCUT2D eigenvalue weighted by Gasteiger charge is -2.13. The predicted molar refractivity (Wildman–Crippen MR) is 101 cm³/mol. The quantitative estimate of drug-likeness (QED) is 0.667. The van der Waals surface area contributed by atoms with Gasteiger partial charge in [0, 0.05) is 19.7 Å². The minimum absolute atomic E-state index is 0.0724. The third kappa shape index (κ3) is 3.81. The van der Waals surface area contributed by atoms with Gasteiger partial charge in [0.25, 0.3) is 0 Å². The molecular weight excluding hydrogens is 371 g/mol. The summed E-state index contributed by atoms with van der Waals surface area (Å²) in [6, 6.07) is 7.19. The highest BCUT2D eigenvalue weighted by atomic mass is 32.2. The van der Waals surface area contributed by atoms with E-state index >= 15 is 0 Å². The minimum Gasteiger partial charge on any atom is -0.408 e. The zero-order chi connectivity index (χ0) is 19.9. The Balaban J connectivity index is 2.11. The molecule has 0 bridgehead atoms. The molecule has 3 aromatic rings. The normalized spacial score (nSPS) is 12.2. The number of oxazole rings is 1. The summed E-state index contributed by atoms with van der Waals surface area (Å²) < 4.78 is 45.9. The topological polar surface area (TPSA) is 72.5 Å². The Bertz CT molecular complexity index is 1180. The second-order valence-electron chi connectivity index (χ2n) is 6.94. The average Bonchev–Trinajstić information content (AvgIpc) is 2.85. The van der Waals surface area contributed by atoms with Crippen molar-refractivity contribution in [2.75, 3.05) is 14.1 Å². The number of hydrogen-bond acceptors (Lipinski definition) is 5. The molecule has 0 saturated carbocycles. The van der Waals surface area contributed by atoms with Crippen molar-refractivity contribution in [1.82, 2.24) is 9.47 Å². The Morgan fingerprint density at radius 3 is 2.52 bits per heavy atom. The molecule has 0 aliphatic rings. The molecule has 2 aromatic carbocycles. The number of sulfone groups is 1. The van der Waals surface area contributed by atoms with Gasteiger partial charge in [0.1, 0.15) is 5.82 Å². The fraction of sp³-hybridized carbons (Fsp3) is 0.316. The molecule has 0 N–H and O–H groups in total. The molecule has 0 aliphatic heterocycles.